The van der Waals surface area contributed by atoms with E-state index in [1.54, 1.807) is 12.1 Å². The van der Waals surface area contributed by atoms with Crippen LogP contribution in [0.15, 0.2) is 65.3 Å². The van der Waals surface area contributed by atoms with Gasteiger partial charge < -0.3 is 19.0 Å². The first kappa shape index (κ1) is 19.1. The zero-order chi connectivity index (χ0) is 20.2. The van der Waals surface area contributed by atoms with Crippen molar-refractivity contribution in [3.05, 3.63) is 83.0 Å². The number of hydrogen-bond acceptors (Lipinski definition) is 4. The van der Waals surface area contributed by atoms with Crippen LogP contribution in [0, 0.1) is 6.92 Å². The molecule has 4 aromatic rings. The number of hydrogen-bond donors (Lipinski definition) is 1. The van der Waals surface area contributed by atoms with E-state index in [0.717, 1.165) is 28.2 Å². The summed E-state index contributed by atoms with van der Waals surface area (Å²) in [5.74, 6) is 1.52. The van der Waals surface area contributed by atoms with Gasteiger partial charge in [0.05, 0.1) is 30.4 Å². The highest BCUT2D eigenvalue weighted by molar-refractivity contribution is 6.31. The highest BCUT2D eigenvalue weighted by atomic mass is 35.5. The third-order valence-corrected chi connectivity index (χ3v) is 5.02. The third kappa shape index (κ3) is 4.27. The van der Waals surface area contributed by atoms with Crippen molar-refractivity contribution in [1.82, 2.24) is 14.9 Å². The fourth-order valence-corrected chi connectivity index (χ4v) is 3.24. The van der Waals surface area contributed by atoms with E-state index in [1.165, 1.54) is 6.26 Å². The molecule has 29 heavy (non-hydrogen) atoms. The molecule has 6 nitrogen and oxygen atoms in total. The maximum absolute atomic E-state index is 12.2. The summed E-state index contributed by atoms with van der Waals surface area (Å²) >= 11 is 6.07. The van der Waals surface area contributed by atoms with Gasteiger partial charge in [0.2, 0.25) is 0 Å². The van der Waals surface area contributed by atoms with Gasteiger partial charge in [-0.3, -0.25) is 4.79 Å². The maximum Gasteiger partial charge on any atom is 0.287 e. The molecule has 0 atom stereocenters. The largest absolute Gasteiger partial charge is 0.492 e. The fraction of sp³-hybridized carbons (Fsp3) is 0.182. The first-order valence-electron chi connectivity index (χ1n) is 9.26. The van der Waals surface area contributed by atoms with E-state index in [2.05, 4.69) is 14.9 Å². The number of halogens is 1. The predicted octanol–water partition coefficient (Wildman–Crippen LogP) is 4.60. The number of amides is 1. The summed E-state index contributed by atoms with van der Waals surface area (Å²) in [7, 11) is 0. The Morgan fingerprint density at radius 2 is 2.07 bits per heavy atom. The molecule has 4 rings (SSSR count). The molecule has 0 fully saturated rings. The number of ether oxygens (including phenoxy) is 1. The summed E-state index contributed by atoms with van der Waals surface area (Å²) in [4.78, 5) is 16.8. The molecule has 0 spiro atoms. The number of carbonyl (C=O) groups is 1. The minimum Gasteiger partial charge on any atom is -0.492 e. The van der Waals surface area contributed by atoms with Crippen molar-refractivity contribution >= 4 is 28.5 Å². The second-order valence-electron chi connectivity index (χ2n) is 6.59. The molecule has 7 heteroatoms. The number of imidazole rings is 1. The second kappa shape index (κ2) is 8.41. The number of nitrogens with zero attached hydrogens (tertiary/aromatic N) is 2. The van der Waals surface area contributed by atoms with E-state index < -0.39 is 0 Å². The monoisotopic (exact) mass is 409 g/mol. The molecule has 0 unspecified atom stereocenters. The van der Waals surface area contributed by atoms with Crippen LogP contribution in [0.5, 0.6) is 5.75 Å². The Morgan fingerprint density at radius 3 is 2.86 bits per heavy atom. The molecule has 0 aliphatic heterocycles. The Bertz CT molecular complexity index is 1140. The predicted molar refractivity (Wildman–Crippen MR) is 111 cm³/mol. The van der Waals surface area contributed by atoms with E-state index in [0.29, 0.717) is 18.2 Å². The molecule has 2 aromatic carbocycles. The van der Waals surface area contributed by atoms with Crippen LogP contribution in [0.1, 0.15) is 21.9 Å². The number of rotatable bonds is 7. The van der Waals surface area contributed by atoms with Gasteiger partial charge >= 0.3 is 0 Å². The molecule has 0 radical (unpaired) electrons. The number of para-hydroxylation sites is 2. The quantitative estimate of drug-likeness (QED) is 0.484. The van der Waals surface area contributed by atoms with Crippen LogP contribution in [0.2, 0.25) is 5.02 Å². The number of fused-ring (bicyclic) bond motifs is 1. The minimum absolute atomic E-state index is 0.272. The smallest absolute Gasteiger partial charge is 0.287 e. The summed E-state index contributed by atoms with van der Waals surface area (Å²) in [6.07, 6.45) is 1.47. The van der Waals surface area contributed by atoms with E-state index in [1.807, 2.05) is 49.4 Å². The third-order valence-electron chi connectivity index (χ3n) is 4.60. The van der Waals surface area contributed by atoms with Crippen LogP contribution >= 0.6 is 11.6 Å². The van der Waals surface area contributed by atoms with Crippen LogP contribution in [0.3, 0.4) is 0 Å². The number of aryl methyl sites for hydroxylation is 1. The number of benzene rings is 2. The van der Waals surface area contributed by atoms with Gasteiger partial charge in [-0.15, -0.1) is 0 Å². The Hall–Kier alpha value is -3.25. The second-order valence-corrected chi connectivity index (χ2v) is 7.00. The lowest BCUT2D eigenvalue weighted by atomic mass is 10.2. The van der Waals surface area contributed by atoms with Gasteiger partial charge in [-0.2, -0.15) is 0 Å². The van der Waals surface area contributed by atoms with Crippen molar-refractivity contribution < 1.29 is 13.9 Å². The van der Waals surface area contributed by atoms with Gasteiger partial charge in [-0.05, 0) is 55.0 Å². The van der Waals surface area contributed by atoms with Crippen molar-refractivity contribution in [2.45, 2.75) is 20.0 Å². The SMILES string of the molecule is Cc1cc(OCCn2c(CNC(=O)c3ccco3)nc3ccccc32)ccc1Cl. The highest BCUT2D eigenvalue weighted by Crippen LogP contribution is 2.21. The van der Waals surface area contributed by atoms with Crippen LogP contribution < -0.4 is 10.1 Å². The maximum atomic E-state index is 12.2. The van der Waals surface area contributed by atoms with Crippen molar-refractivity contribution in [1.29, 1.82) is 0 Å². The summed E-state index contributed by atoms with van der Waals surface area (Å²) in [6.45, 7) is 3.28. The standard InChI is InChI=1S/C22H20ClN3O3/c1-15-13-16(8-9-17(15)23)28-12-10-26-19-6-3-2-5-18(19)25-21(26)14-24-22(27)20-7-4-11-29-20/h2-9,11,13H,10,12,14H2,1H3,(H,24,27). The Kier molecular flexibility index (Phi) is 5.53. The molecule has 0 aliphatic rings. The van der Waals surface area contributed by atoms with Crippen LogP contribution in [-0.4, -0.2) is 22.1 Å². The summed E-state index contributed by atoms with van der Waals surface area (Å²) in [5.41, 5.74) is 2.83. The molecule has 0 bridgehead atoms. The zero-order valence-electron chi connectivity index (χ0n) is 15.9. The average Bonchev–Trinajstić information content (AvgIpc) is 3.37. The first-order valence-corrected chi connectivity index (χ1v) is 9.64. The lowest BCUT2D eigenvalue weighted by molar-refractivity contribution is 0.0921. The molecule has 0 saturated heterocycles. The summed E-state index contributed by atoms with van der Waals surface area (Å²) in [6, 6.07) is 16.8. The lowest BCUT2D eigenvalue weighted by Crippen LogP contribution is -2.25. The molecule has 2 heterocycles. The molecule has 0 saturated carbocycles. The zero-order valence-corrected chi connectivity index (χ0v) is 16.6. The molecule has 0 aliphatic carbocycles. The number of carbonyl (C=O) groups excluding carboxylic acids is 1. The number of nitrogens with one attached hydrogen (secondary N) is 1. The molecule has 2 aromatic heterocycles. The van der Waals surface area contributed by atoms with Gasteiger partial charge in [-0.25, -0.2) is 4.98 Å². The summed E-state index contributed by atoms with van der Waals surface area (Å²) in [5, 5.41) is 3.57. The minimum atomic E-state index is -0.276. The van der Waals surface area contributed by atoms with Crippen LogP contribution in [0.25, 0.3) is 11.0 Å². The Morgan fingerprint density at radius 1 is 1.21 bits per heavy atom. The van der Waals surface area contributed by atoms with Crippen LogP contribution in [-0.2, 0) is 13.1 Å². The topological polar surface area (TPSA) is 69.3 Å². The highest BCUT2D eigenvalue weighted by Gasteiger charge is 2.13. The van der Waals surface area contributed by atoms with Gasteiger partial charge in [0.15, 0.2) is 5.76 Å². The van der Waals surface area contributed by atoms with Crippen molar-refractivity contribution in [2.75, 3.05) is 6.61 Å². The van der Waals surface area contributed by atoms with Crippen molar-refractivity contribution in [3.8, 4) is 5.75 Å². The van der Waals surface area contributed by atoms with E-state index >= 15 is 0 Å². The molecule has 148 valence electrons. The lowest BCUT2D eigenvalue weighted by Gasteiger charge is -2.12. The van der Waals surface area contributed by atoms with E-state index in [-0.39, 0.29) is 18.2 Å². The number of aromatic nitrogens is 2. The Labute approximate surface area is 173 Å². The van der Waals surface area contributed by atoms with Crippen molar-refractivity contribution in [2.24, 2.45) is 0 Å². The van der Waals surface area contributed by atoms with Gasteiger partial charge in [0.1, 0.15) is 18.2 Å². The number of furan rings is 1. The normalized spacial score (nSPS) is 11.0. The fourth-order valence-electron chi connectivity index (χ4n) is 3.13. The Balaban J connectivity index is 1.48. The van der Waals surface area contributed by atoms with Gasteiger partial charge in [-0.1, -0.05) is 23.7 Å². The van der Waals surface area contributed by atoms with Crippen molar-refractivity contribution in [3.63, 3.8) is 0 Å². The van der Waals surface area contributed by atoms with E-state index in [4.69, 9.17) is 20.8 Å². The average molecular weight is 410 g/mol. The summed E-state index contributed by atoms with van der Waals surface area (Å²) < 4.78 is 13.1. The van der Waals surface area contributed by atoms with Gasteiger partial charge in [0, 0.05) is 5.02 Å². The molecule has 1 amide bonds. The molecule has 1 N–H and O–H groups in total. The van der Waals surface area contributed by atoms with Gasteiger partial charge in [0.25, 0.3) is 5.91 Å². The molecular formula is C22H20ClN3O3. The first-order chi connectivity index (χ1) is 14.1. The van der Waals surface area contributed by atoms with Crippen LogP contribution in [0.4, 0.5) is 0 Å². The van der Waals surface area contributed by atoms with E-state index in [9.17, 15) is 4.79 Å². The molecular weight excluding hydrogens is 390 g/mol.